The van der Waals surface area contributed by atoms with E-state index in [2.05, 4.69) is 4.98 Å². The van der Waals surface area contributed by atoms with Crippen LogP contribution in [0, 0.1) is 5.82 Å². The first kappa shape index (κ1) is 21.6. The molecule has 0 saturated heterocycles. The van der Waals surface area contributed by atoms with E-state index in [1.54, 1.807) is 24.3 Å². The summed E-state index contributed by atoms with van der Waals surface area (Å²) in [5.74, 6) is -0.761. The molecule has 8 heteroatoms. The van der Waals surface area contributed by atoms with Gasteiger partial charge in [0.05, 0.1) is 17.4 Å². The van der Waals surface area contributed by atoms with Crippen molar-refractivity contribution in [2.45, 2.75) is 19.2 Å². The van der Waals surface area contributed by atoms with Gasteiger partial charge in [-0.05, 0) is 42.8 Å². The Morgan fingerprint density at radius 3 is 2.25 bits per heavy atom. The summed E-state index contributed by atoms with van der Waals surface area (Å²) in [5.41, 5.74) is 0.776. The first-order valence-corrected chi connectivity index (χ1v) is 9.68. The zero-order valence-corrected chi connectivity index (χ0v) is 16.8. The number of halogens is 4. The Balaban J connectivity index is 1.83. The lowest BCUT2D eigenvalue weighted by atomic mass is 10.0. The van der Waals surface area contributed by atoms with Crippen LogP contribution in [0.1, 0.15) is 24.3 Å². The topological polar surface area (TPSA) is 58.3 Å². The summed E-state index contributed by atoms with van der Waals surface area (Å²) < 4.78 is 55.6. The molecule has 0 radical (unpaired) electrons. The number of phenols is 1. The number of benzene rings is 3. The quantitative estimate of drug-likeness (QED) is 0.374. The lowest BCUT2D eigenvalue weighted by Gasteiger charge is -2.14. The highest BCUT2D eigenvalue weighted by Gasteiger charge is 2.34. The zero-order chi connectivity index (χ0) is 23.0. The number of aliphatic hydroxyl groups excluding tert-OH is 1. The highest BCUT2D eigenvalue weighted by molar-refractivity contribution is 5.71. The number of aliphatic hydroxyl groups is 1. The number of rotatable bonds is 4. The highest BCUT2D eigenvalue weighted by atomic mass is 19.4. The molecule has 0 aliphatic carbocycles. The van der Waals surface area contributed by atoms with Gasteiger partial charge in [0.15, 0.2) is 0 Å². The van der Waals surface area contributed by atoms with Gasteiger partial charge in [-0.1, -0.05) is 30.3 Å². The zero-order valence-electron chi connectivity index (χ0n) is 16.8. The summed E-state index contributed by atoms with van der Waals surface area (Å²) >= 11 is 0. The van der Waals surface area contributed by atoms with Gasteiger partial charge in [-0.3, -0.25) is 4.57 Å². The van der Waals surface area contributed by atoms with Gasteiger partial charge in [-0.25, -0.2) is 9.37 Å². The second-order valence-corrected chi connectivity index (χ2v) is 7.29. The van der Waals surface area contributed by atoms with Crippen molar-refractivity contribution in [1.82, 2.24) is 9.55 Å². The van der Waals surface area contributed by atoms with E-state index in [0.717, 1.165) is 12.1 Å². The first-order chi connectivity index (χ1) is 15.1. The van der Waals surface area contributed by atoms with Crippen LogP contribution < -0.4 is 0 Å². The van der Waals surface area contributed by atoms with Crippen LogP contribution in [0.5, 0.6) is 5.75 Å². The molecule has 0 bridgehead atoms. The van der Waals surface area contributed by atoms with Gasteiger partial charge >= 0.3 is 6.18 Å². The molecule has 1 aromatic heterocycles. The maximum atomic E-state index is 13.6. The molecule has 0 aliphatic rings. The molecule has 0 aliphatic heterocycles. The average molecular weight is 442 g/mol. The number of aromatic nitrogens is 2. The molecule has 1 heterocycles. The van der Waals surface area contributed by atoms with Gasteiger partial charge in [0.2, 0.25) is 0 Å². The van der Waals surface area contributed by atoms with E-state index in [0.29, 0.717) is 16.8 Å². The maximum Gasteiger partial charge on any atom is 0.417 e. The lowest BCUT2D eigenvalue weighted by Crippen LogP contribution is -2.09. The largest absolute Gasteiger partial charge is 0.507 e. The minimum absolute atomic E-state index is 0.0335. The number of aromatic hydroxyl groups is 1. The number of nitrogens with zero attached hydrogens (tertiary/aromatic N) is 2. The monoisotopic (exact) mass is 442 g/mol. The molecule has 4 rings (SSSR count). The predicted octanol–water partition coefficient (Wildman–Crippen LogP) is 6.12. The van der Waals surface area contributed by atoms with Crippen molar-refractivity contribution in [3.05, 3.63) is 90.0 Å². The second-order valence-electron chi connectivity index (χ2n) is 7.29. The van der Waals surface area contributed by atoms with Gasteiger partial charge in [0.25, 0.3) is 0 Å². The molecular weight excluding hydrogens is 424 g/mol. The van der Waals surface area contributed by atoms with Gasteiger partial charge in [0.1, 0.15) is 17.4 Å². The molecule has 0 spiro atoms. The molecule has 0 amide bonds. The fourth-order valence-corrected chi connectivity index (χ4v) is 3.46. The van der Waals surface area contributed by atoms with Crippen LogP contribution in [0.15, 0.2) is 72.9 Å². The Labute approximate surface area is 181 Å². The van der Waals surface area contributed by atoms with Gasteiger partial charge in [-0.2, -0.15) is 13.2 Å². The number of imidazole rings is 1. The molecular formula is C24H18F4N2O2. The third-order valence-electron chi connectivity index (χ3n) is 5.04. The molecule has 0 fully saturated rings. The Hall–Kier alpha value is -3.65. The number of phenolic OH excluding ortho intramolecular Hbond substituents is 1. The van der Waals surface area contributed by atoms with E-state index in [4.69, 9.17) is 0 Å². The lowest BCUT2D eigenvalue weighted by molar-refractivity contribution is -0.137. The minimum Gasteiger partial charge on any atom is -0.507 e. The van der Waals surface area contributed by atoms with E-state index in [9.17, 15) is 27.8 Å². The van der Waals surface area contributed by atoms with Crippen molar-refractivity contribution >= 4 is 0 Å². The van der Waals surface area contributed by atoms with Gasteiger partial charge in [0, 0.05) is 29.1 Å². The Kier molecular flexibility index (Phi) is 5.48. The standard InChI is InChI=1S/C24H18F4N2O2/c1-14(31)21-13-30(23(29-21)19-4-2-3-5-20(19)24(26,27)28)17-9-6-15(7-10-17)18-11-8-16(25)12-22(18)32/h2-14,31-32H,1H3. The van der Waals surface area contributed by atoms with Crippen LogP contribution in [0.4, 0.5) is 17.6 Å². The summed E-state index contributed by atoms with van der Waals surface area (Å²) in [6.07, 6.45) is -4.08. The van der Waals surface area contributed by atoms with Crippen LogP contribution in [0.3, 0.4) is 0 Å². The fourth-order valence-electron chi connectivity index (χ4n) is 3.46. The molecule has 2 N–H and O–H groups in total. The number of hydrogen-bond acceptors (Lipinski definition) is 3. The third kappa shape index (κ3) is 4.09. The second kappa shape index (κ2) is 8.12. The Morgan fingerprint density at radius 1 is 0.938 bits per heavy atom. The fraction of sp³-hybridized carbons (Fsp3) is 0.125. The van der Waals surface area contributed by atoms with Gasteiger partial charge < -0.3 is 10.2 Å². The molecule has 0 saturated carbocycles. The number of hydrogen-bond donors (Lipinski definition) is 2. The molecule has 32 heavy (non-hydrogen) atoms. The Bertz CT molecular complexity index is 1260. The third-order valence-corrected chi connectivity index (χ3v) is 5.04. The summed E-state index contributed by atoms with van der Waals surface area (Å²) in [6.45, 7) is 1.48. The summed E-state index contributed by atoms with van der Waals surface area (Å²) in [5, 5.41) is 20.0. The average Bonchev–Trinajstić information content (AvgIpc) is 3.19. The predicted molar refractivity (Wildman–Crippen MR) is 112 cm³/mol. The van der Waals surface area contributed by atoms with Gasteiger partial charge in [-0.15, -0.1) is 0 Å². The molecule has 4 nitrogen and oxygen atoms in total. The molecule has 1 atom stereocenters. The van der Waals surface area contributed by atoms with Crippen molar-refractivity contribution < 1.29 is 27.8 Å². The van der Waals surface area contributed by atoms with Crippen molar-refractivity contribution in [3.8, 4) is 34.0 Å². The molecule has 1 unspecified atom stereocenters. The summed E-state index contributed by atoms with van der Waals surface area (Å²) in [4.78, 5) is 4.27. The Morgan fingerprint density at radius 2 is 1.62 bits per heavy atom. The van der Waals surface area contributed by atoms with E-state index >= 15 is 0 Å². The number of alkyl halides is 3. The van der Waals surface area contributed by atoms with Crippen LogP contribution in [-0.2, 0) is 6.18 Å². The summed E-state index contributed by atoms with van der Waals surface area (Å²) in [7, 11) is 0. The van der Waals surface area contributed by atoms with Crippen LogP contribution in [0.2, 0.25) is 0 Å². The summed E-state index contributed by atoms with van der Waals surface area (Å²) in [6, 6.07) is 15.4. The normalized spacial score (nSPS) is 12.7. The smallest absolute Gasteiger partial charge is 0.417 e. The van der Waals surface area contributed by atoms with Crippen molar-refractivity contribution in [2.75, 3.05) is 0 Å². The SMILES string of the molecule is CC(O)c1cn(-c2ccc(-c3ccc(F)cc3O)cc2)c(-c2ccccc2C(F)(F)F)n1. The van der Waals surface area contributed by atoms with Crippen molar-refractivity contribution in [3.63, 3.8) is 0 Å². The van der Waals surface area contributed by atoms with Crippen molar-refractivity contribution in [2.24, 2.45) is 0 Å². The molecule has 3 aromatic carbocycles. The molecule has 164 valence electrons. The maximum absolute atomic E-state index is 13.6. The van der Waals surface area contributed by atoms with E-state index < -0.39 is 23.7 Å². The molecule has 4 aromatic rings. The van der Waals surface area contributed by atoms with E-state index in [1.807, 2.05) is 0 Å². The van der Waals surface area contributed by atoms with E-state index in [1.165, 1.54) is 48.0 Å². The first-order valence-electron chi connectivity index (χ1n) is 9.68. The minimum atomic E-state index is -4.58. The van der Waals surface area contributed by atoms with Crippen molar-refractivity contribution in [1.29, 1.82) is 0 Å². The van der Waals surface area contributed by atoms with Crippen LogP contribution >= 0.6 is 0 Å². The van der Waals surface area contributed by atoms with E-state index in [-0.39, 0.29) is 22.8 Å². The van der Waals surface area contributed by atoms with Crippen LogP contribution in [0.25, 0.3) is 28.2 Å². The van der Waals surface area contributed by atoms with Crippen LogP contribution in [-0.4, -0.2) is 19.8 Å². The highest BCUT2D eigenvalue weighted by Crippen LogP contribution is 2.38.